The summed E-state index contributed by atoms with van der Waals surface area (Å²) in [5.41, 5.74) is -0.192. The number of carbonyl (C=O) groups excluding carboxylic acids is 2. The van der Waals surface area contributed by atoms with Gasteiger partial charge in [-0.3, -0.25) is 9.59 Å². The van der Waals surface area contributed by atoms with E-state index in [4.69, 9.17) is 4.74 Å². The molecule has 0 aromatic carbocycles. The number of Topliss-reactive ketones (excluding diaryl/α,β-unsaturated/α-hetero) is 1. The van der Waals surface area contributed by atoms with E-state index in [9.17, 15) is 9.59 Å². The lowest BCUT2D eigenvalue weighted by molar-refractivity contribution is -0.139. The van der Waals surface area contributed by atoms with E-state index in [1.807, 2.05) is 27.7 Å². The first-order valence-electron chi connectivity index (χ1n) is 6.40. The lowest BCUT2D eigenvalue weighted by atomic mass is 10.0. The average Bonchev–Trinajstić information content (AvgIpc) is 2.26. The highest BCUT2D eigenvalue weighted by atomic mass is 16.5. The lowest BCUT2D eigenvalue weighted by Crippen LogP contribution is -2.52. The van der Waals surface area contributed by atoms with Gasteiger partial charge in [-0.05, 0) is 27.2 Å². The van der Waals surface area contributed by atoms with Crippen molar-refractivity contribution in [3.63, 3.8) is 0 Å². The van der Waals surface area contributed by atoms with E-state index < -0.39 is 17.7 Å². The summed E-state index contributed by atoms with van der Waals surface area (Å²) in [5, 5.41) is 5.74. The maximum Gasteiger partial charge on any atom is 0.289 e. The maximum atomic E-state index is 12.0. The molecule has 0 aromatic rings. The number of nitrogens with one attached hydrogen (secondary N) is 2. The highest BCUT2D eigenvalue weighted by Crippen LogP contribution is 2.07. The van der Waals surface area contributed by atoms with Crippen LogP contribution in [0.1, 0.15) is 40.5 Å². The number of rotatable bonds is 8. The van der Waals surface area contributed by atoms with Crippen LogP contribution in [-0.4, -0.2) is 43.5 Å². The van der Waals surface area contributed by atoms with E-state index in [1.54, 1.807) is 7.11 Å². The number of amides is 1. The Morgan fingerprint density at radius 2 is 1.89 bits per heavy atom. The minimum Gasteiger partial charge on any atom is -0.383 e. The second-order valence-electron chi connectivity index (χ2n) is 5.35. The molecular weight excluding hydrogens is 232 g/mol. The third kappa shape index (κ3) is 7.40. The van der Waals surface area contributed by atoms with Crippen LogP contribution >= 0.6 is 0 Å². The first kappa shape index (κ1) is 17.1. The van der Waals surface area contributed by atoms with Gasteiger partial charge in [0.1, 0.15) is 0 Å². The Kier molecular flexibility index (Phi) is 7.78. The van der Waals surface area contributed by atoms with Gasteiger partial charge in [-0.15, -0.1) is 0 Å². The highest BCUT2D eigenvalue weighted by molar-refractivity contribution is 6.38. The van der Waals surface area contributed by atoms with Gasteiger partial charge in [0.05, 0.1) is 12.6 Å². The zero-order valence-electron chi connectivity index (χ0n) is 12.1. The van der Waals surface area contributed by atoms with E-state index in [0.717, 1.165) is 6.42 Å². The summed E-state index contributed by atoms with van der Waals surface area (Å²) in [6.45, 7) is 8.69. The Hall–Kier alpha value is -0.940. The van der Waals surface area contributed by atoms with Crippen molar-refractivity contribution in [2.45, 2.75) is 52.1 Å². The number of methoxy groups -OCH3 is 1. The van der Waals surface area contributed by atoms with Gasteiger partial charge in [0.2, 0.25) is 5.78 Å². The fourth-order valence-corrected chi connectivity index (χ4v) is 1.59. The SMILES string of the molecule is CCCC(NC(C)(C)C)C(=O)C(=O)NCCOC. The molecule has 0 saturated heterocycles. The Balaban J connectivity index is 4.41. The van der Waals surface area contributed by atoms with Gasteiger partial charge in [0.15, 0.2) is 0 Å². The van der Waals surface area contributed by atoms with Crippen LogP contribution in [0.4, 0.5) is 0 Å². The van der Waals surface area contributed by atoms with Crippen molar-refractivity contribution in [2.24, 2.45) is 0 Å². The van der Waals surface area contributed by atoms with Crippen molar-refractivity contribution in [3.8, 4) is 0 Å². The molecule has 1 atom stereocenters. The van der Waals surface area contributed by atoms with Crippen LogP contribution in [0.5, 0.6) is 0 Å². The van der Waals surface area contributed by atoms with Crippen LogP contribution in [0, 0.1) is 0 Å². The fraction of sp³-hybridized carbons (Fsp3) is 0.846. The predicted molar refractivity (Wildman–Crippen MR) is 71.5 cm³/mol. The monoisotopic (exact) mass is 258 g/mol. The minimum atomic E-state index is -0.540. The normalized spacial score (nSPS) is 13.2. The van der Waals surface area contributed by atoms with Crippen molar-refractivity contribution in [2.75, 3.05) is 20.3 Å². The summed E-state index contributed by atoms with van der Waals surface area (Å²) in [4.78, 5) is 23.7. The molecule has 2 N–H and O–H groups in total. The molecule has 0 heterocycles. The van der Waals surface area contributed by atoms with Crippen LogP contribution in [0.15, 0.2) is 0 Å². The van der Waals surface area contributed by atoms with Crippen molar-refractivity contribution < 1.29 is 14.3 Å². The zero-order chi connectivity index (χ0) is 14.2. The molecule has 0 aliphatic rings. The molecule has 0 aromatic heterocycles. The summed E-state index contributed by atoms with van der Waals surface area (Å²) in [7, 11) is 1.55. The fourth-order valence-electron chi connectivity index (χ4n) is 1.59. The number of carbonyl (C=O) groups is 2. The molecular formula is C13H26N2O3. The topological polar surface area (TPSA) is 67.4 Å². The smallest absolute Gasteiger partial charge is 0.289 e. The highest BCUT2D eigenvalue weighted by Gasteiger charge is 2.27. The number of ketones is 1. The second kappa shape index (κ2) is 8.21. The van der Waals surface area contributed by atoms with Gasteiger partial charge in [-0.1, -0.05) is 13.3 Å². The largest absolute Gasteiger partial charge is 0.383 e. The third-order valence-corrected chi connectivity index (χ3v) is 2.32. The van der Waals surface area contributed by atoms with Gasteiger partial charge in [0, 0.05) is 19.2 Å². The Labute approximate surface area is 110 Å². The first-order valence-corrected chi connectivity index (χ1v) is 6.40. The summed E-state index contributed by atoms with van der Waals surface area (Å²) >= 11 is 0. The first-order chi connectivity index (χ1) is 8.31. The van der Waals surface area contributed by atoms with Crippen LogP contribution in [0.25, 0.3) is 0 Å². The van der Waals surface area contributed by atoms with Crippen LogP contribution in [-0.2, 0) is 14.3 Å². The molecule has 18 heavy (non-hydrogen) atoms. The standard InChI is InChI=1S/C13H26N2O3/c1-6-7-10(15-13(2,3)4)11(16)12(17)14-8-9-18-5/h10,15H,6-9H2,1-5H3,(H,14,17). The Bertz CT molecular complexity index is 272. The minimum absolute atomic E-state index is 0.192. The Morgan fingerprint density at radius 1 is 1.28 bits per heavy atom. The molecule has 0 aliphatic carbocycles. The molecule has 0 fully saturated rings. The van der Waals surface area contributed by atoms with Crippen LogP contribution < -0.4 is 10.6 Å². The van der Waals surface area contributed by atoms with E-state index >= 15 is 0 Å². The van der Waals surface area contributed by atoms with Crippen LogP contribution in [0.2, 0.25) is 0 Å². The van der Waals surface area contributed by atoms with Crippen molar-refractivity contribution in [1.82, 2.24) is 10.6 Å². The molecule has 0 bridgehead atoms. The molecule has 0 saturated carbocycles. The molecule has 0 rings (SSSR count). The molecule has 0 spiro atoms. The molecule has 0 radical (unpaired) electrons. The van der Waals surface area contributed by atoms with Gasteiger partial charge >= 0.3 is 0 Å². The van der Waals surface area contributed by atoms with Crippen molar-refractivity contribution in [3.05, 3.63) is 0 Å². The van der Waals surface area contributed by atoms with Crippen molar-refractivity contribution >= 4 is 11.7 Å². The van der Waals surface area contributed by atoms with Gasteiger partial charge in [-0.2, -0.15) is 0 Å². The Morgan fingerprint density at radius 3 is 2.33 bits per heavy atom. The van der Waals surface area contributed by atoms with E-state index in [1.165, 1.54) is 0 Å². The molecule has 0 aliphatic heterocycles. The average molecular weight is 258 g/mol. The zero-order valence-corrected chi connectivity index (χ0v) is 12.1. The van der Waals surface area contributed by atoms with Crippen molar-refractivity contribution in [1.29, 1.82) is 0 Å². The molecule has 106 valence electrons. The van der Waals surface area contributed by atoms with Gasteiger partial charge < -0.3 is 15.4 Å². The van der Waals surface area contributed by atoms with E-state index in [-0.39, 0.29) is 5.54 Å². The number of hydrogen-bond donors (Lipinski definition) is 2. The maximum absolute atomic E-state index is 12.0. The molecule has 1 amide bonds. The predicted octanol–water partition coefficient (Wildman–Crippen LogP) is 0.875. The summed E-state index contributed by atoms with van der Waals surface area (Å²) in [6.07, 6.45) is 1.51. The lowest BCUT2D eigenvalue weighted by Gasteiger charge is -2.27. The molecule has 1 unspecified atom stereocenters. The van der Waals surface area contributed by atoms with Crippen LogP contribution in [0.3, 0.4) is 0 Å². The third-order valence-electron chi connectivity index (χ3n) is 2.32. The van der Waals surface area contributed by atoms with E-state index in [2.05, 4.69) is 10.6 Å². The van der Waals surface area contributed by atoms with Gasteiger partial charge in [-0.25, -0.2) is 0 Å². The quantitative estimate of drug-likeness (QED) is 0.501. The second-order valence-corrected chi connectivity index (χ2v) is 5.35. The summed E-state index contributed by atoms with van der Waals surface area (Å²) in [5.74, 6) is -0.940. The summed E-state index contributed by atoms with van der Waals surface area (Å²) < 4.78 is 4.82. The molecule has 5 heteroatoms. The number of ether oxygens (including phenoxy) is 1. The summed E-state index contributed by atoms with van der Waals surface area (Å²) in [6, 6.07) is -0.419. The molecule has 5 nitrogen and oxygen atoms in total. The number of hydrogen-bond acceptors (Lipinski definition) is 4. The van der Waals surface area contributed by atoms with Gasteiger partial charge in [0.25, 0.3) is 5.91 Å². The van der Waals surface area contributed by atoms with E-state index in [0.29, 0.717) is 19.6 Å².